The molecule has 2 aromatic carbocycles. The summed E-state index contributed by atoms with van der Waals surface area (Å²) in [6, 6.07) is 17.8. The van der Waals surface area contributed by atoms with Gasteiger partial charge in [0.2, 0.25) is 0 Å². The van der Waals surface area contributed by atoms with Gasteiger partial charge < -0.3 is 0 Å². The number of aromatic amines is 1. The molecule has 2 heterocycles. The van der Waals surface area contributed by atoms with E-state index in [1.807, 2.05) is 55.5 Å². The first-order chi connectivity index (χ1) is 14.1. The fourth-order valence-electron chi connectivity index (χ4n) is 3.56. The molecule has 0 saturated carbocycles. The van der Waals surface area contributed by atoms with E-state index in [1.165, 1.54) is 4.52 Å². The van der Waals surface area contributed by atoms with Gasteiger partial charge in [-0.2, -0.15) is 14.8 Å². The van der Waals surface area contributed by atoms with Crippen molar-refractivity contribution in [3.05, 3.63) is 87.1 Å². The minimum atomic E-state index is -0.0991. The minimum absolute atomic E-state index is 0.0991. The number of benzene rings is 2. The van der Waals surface area contributed by atoms with Gasteiger partial charge in [-0.25, -0.2) is 4.98 Å². The second-order valence-corrected chi connectivity index (χ2v) is 7.07. The Hall–Kier alpha value is -3.72. The molecule has 0 atom stereocenters. The third-order valence-electron chi connectivity index (χ3n) is 4.97. The van der Waals surface area contributed by atoms with Crippen molar-refractivity contribution >= 4 is 5.78 Å². The Bertz CT molecular complexity index is 1280. The Balaban J connectivity index is 1.72. The molecular formula is C23H21N5O. The highest BCUT2D eigenvalue weighted by molar-refractivity contribution is 5.70. The molecule has 144 valence electrons. The van der Waals surface area contributed by atoms with E-state index in [-0.39, 0.29) is 5.56 Å². The van der Waals surface area contributed by atoms with E-state index >= 15 is 0 Å². The lowest BCUT2D eigenvalue weighted by molar-refractivity contribution is 0.804. The van der Waals surface area contributed by atoms with Crippen LogP contribution >= 0.6 is 0 Å². The van der Waals surface area contributed by atoms with E-state index in [0.29, 0.717) is 29.1 Å². The van der Waals surface area contributed by atoms with Crippen LogP contribution in [0.1, 0.15) is 41.6 Å². The van der Waals surface area contributed by atoms with Gasteiger partial charge in [-0.1, -0.05) is 55.8 Å². The third kappa shape index (κ3) is 3.55. The van der Waals surface area contributed by atoms with Crippen LogP contribution in [0.2, 0.25) is 0 Å². The van der Waals surface area contributed by atoms with Gasteiger partial charge in [0, 0.05) is 12.0 Å². The molecule has 0 fully saturated rings. The largest absolute Gasteiger partial charge is 0.277 e. The number of nitrogens with zero attached hydrogens (tertiary/aromatic N) is 4. The van der Waals surface area contributed by atoms with E-state index in [0.717, 1.165) is 35.2 Å². The molecule has 0 amide bonds. The van der Waals surface area contributed by atoms with Gasteiger partial charge in [0.25, 0.3) is 11.3 Å². The first-order valence-electron chi connectivity index (χ1n) is 9.66. The smallest absolute Gasteiger partial charge is 0.275 e. The van der Waals surface area contributed by atoms with Gasteiger partial charge in [-0.15, -0.1) is 0 Å². The lowest BCUT2D eigenvalue weighted by Crippen LogP contribution is -2.23. The molecule has 4 aromatic rings. The number of nitrogens with one attached hydrogen (secondary N) is 1. The van der Waals surface area contributed by atoms with Gasteiger partial charge in [0.05, 0.1) is 17.3 Å². The highest BCUT2D eigenvalue weighted by Crippen LogP contribution is 2.24. The van der Waals surface area contributed by atoms with Crippen LogP contribution in [0.4, 0.5) is 0 Å². The summed E-state index contributed by atoms with van der Waals surface area (Å²) in [5, 5.41) is 12.3. The van der Waals surface area contributed by atoms with Crippen molar-refractivity contribution in [3.63, 3.8) is 0 Å². The van der Waals surface area contributed by atoms with Crippen molar-refractivity contribution in [3.8, 4) is 17.2 Å². The maximum absolute atomic E-state index is 13.0. The standard InChI is InChI=1S/C23H21N5O/c1-3-6-21-20(22(29)28-23(26-21)25-15(2)27-28)13-16-9-11-17(12-10-16)19-8-5-4-7-18(19)14-24/h4-5,7-12H,3,6,13H2,1-2H3,(H,25,26,27). The maximum Gasteiger partial charge on any atom is 0.277 e. The summed E-state index contributed by atoms with van der Waals surface area (Å²) >= 11 is 0. The molecule has 0 radical (unpaired) electrons. The zero-order chi connectivity index (χ0) is 20.4. The van der Waals surface area contributed by atoms with Crippen LogP contribution in [-0.2, 0) is 12.8 Å². The van der Waals surface area contributed by atoms with Gasteiger partial charge in [0.1, 0.15) is 5.82 Å². The van der Waals surface area contributed by atoms with E-state index in [9.17, 15) is 10.1 Å². The number of rotatable bonds is 5. The summed E-state index contributed by atoms with van der Waals surface area (Å²) in [5.41, 5.74) is 4.96. The van der Waals surface area contributed by atoms with Crippen molar-refractivity contribution < 1.29 is 0 Å². The van der Waals surface area contributed by atoms with Crippen molar-refractivity contribution in [2.75, 3.05) is 0 Å². The Morgan fingerprint density at radius 3 is 2.59 bits per heavy atom. The highest BCUT2D eigenvalue weighted by Gasteiger charge is 2.15. The molecule has 0 spiro atoms. The lowest BCUT2D eigenvalue weighted by atomic mass is 9.97. The fraction of sp³-hybridized carbons (Fsp3) is 0.217. The Kier molecular flexibility index (Phi) is 4.96. The van der Waals surface area contributed by atoms with Crippen molar-refractivity contribution in [1.29, 1.82) is 5.26 Å². The molecule has 6 nitrogen and oxygen atoms in total. The summed E-state index contributed by atoms with van der Waals surface area (Å²) in [5.74, 6) is 1.08. The molecule has 1 N–H and O–H groups in total. The van der Waals surface area contributed by atoms with Crippen LogP contribution in [-0.4, -0.2) is 19.6 Å². The van der Waals surface area contributed by atoms with E-state index in [2.05, 4.69) is 28.1 Å². The van der Waals surface area contributed by atoms with Gasteiger partial charge in [-0.3, -0.25) is 9.89 Å². The van der Waals surface area contributed by atoms with Gasteiger partial charge in [0.15, 0.2) is 0 Å². The zero-order valence-electron chi connectivity index (χ0n) is 16.4. The summed E-state index contributed by atoms with van der Waals surface area (Å²) < 4.78 is 1.42. The van der Waals surface area contributed by atoms with Crippen LogP contribution in [0.15, 0.2) is 53.3 Å². The van der Waals surface area contributed by atoms with E-state index in [4.69, 9.17) is 0 Å². The monoisotopic (exact) mass is 383 g/mol. The maximum atomic E-state index is 13.0. The Morgan fingerprint density at radius 2 is 1.86 bits per heavy atom. The van der Waals surface area contributed by atoms with Crippen molar-refractivity contribution in [2.24, 2.45) is 0 Å². The first-order valence-corrected chi connectivity index (χ1v) is 9.66. The van der Waals surface area contributed by atoms with E-state index < -0.39 is 0 Å². The Labute approximate surface area is 168 Å². The topological polar surface area (TPSA) is 86.8 Å². The molecular weight excluding hydrogens is 362 g/mol. The molecule has 0 aliphatic heterocycles. The summed E-state index contributed by atoms with van der Waals surface area (Å²) in [7, 11) is 0. The van der Waals surface area contributed by atoms with Crippen molar-refractivity contribution in [2.45, 2.75) is 33.1 Å². The quantitative estimate of drug-likeness (QED) is 0.568. The number of aromatic nitrogens is 4. The van der Waals surface area contributed by atoms with Crippen LogP contribution in [0, 0.1) is 18.3 Å². The fourth-order valence-corrected chi connectivity index (χ4v) is 3.56. The molecule has 0 bridgehead atoms. The number of H-pyrrole nitrogens is 1. The number of hydrogen-bond acceptors (Lipinski definition) is 4. The number of aryl methyl sites for hydroxylation is 2. The molecule has 6 heteroatoms. The molecule has 29 heavy (non-hydrogen) atoms. The van der Waals surface area contributed by atoms with Gasteiger partial charge >= 0.3 is 0 Å². The SMILES string of the molecule is CCCc1nc2nc(C)[nH]n2c(=O)c1Cc1ccc(-c2ccccc2C#N)cc1. The molecule has 0 unspecified atom stereocenters. The molecule has 2 aromatic heterocycles. The predicted molar refractivity (Wildman–Crippen MR) is 112 cm³/mol. The molecule has 0 saturated heterocycles. The van der Waals surface area contributed by atoms with Gasteiger partial charge in [-0.05, 0) is 36.1 Å². The summed E-state index contributed by atoms with van der Waals surface area (Å²) in [4.78, 5) is 21.9. The normalized spacial score (nSPS) is 10.9. The molecule has 0 aliphatic rings. The number of nitriles is 1. The molecule has 0 aliphatic carbocycles. The predicted octanol–water partition coefficient (Wildman–Crippen LogP) is 3.81. The van der Waals surface area contributed by atoms with E-state index in [1.54, 1.807) is 0 Å². The average molecular weight is 383 g/mol. The van der Waals surface area contributed by atoms with Crippen LogP contribution < -0.4 is 5.56 Å². The Morgan fingerprint density at radius 1 is 1.10 bits per heavy atom. The lowest BCUT2D eigenvalue weighted by Gasteiger charge is -2.09. The minimum Gasteiger partial charge on any atom is -0.275 e. The van der Waals surface area contributed by atoms with Crippen LogP contribution in [0.5, 0.6) is 0 Å². The highest BCUT2D eigenvalue weighted by atomic mass is 16.1. The molecule has 4 rings (SSSR count). The van der Waals surface area contributed by atoms with Crippen molar-refractivity contribution in [1.82, 2.24) is 19.6 Å². The summed E-state index contributed by atoms with van der Waals surface area (Å²) in [6.07, 6.45) is 2.14. The third-order valence-corrected chi connectivity index (χ3v) is 4.97. The average Bonchev–Trinajstić information content (AvgIpc) is 3.12. The number of fused-ring (bicyclic) bond motifs is 1. The second-order valence-electron chi connectivity index (χ2n) is 7.07. The zero-order valence-corrected chi connectivity index (χ0v) is 16.4. The van der Waals surface area contributed by atoms with Crippen LogP contribution in [0.3, 0.4) is 0 Å². The second kappa shape index (κ2) is 7.72. The van der Waals surface area contributed by atoms with Crippen LogP contribution in [0.25, 0.3) is 16.9 Å². The number of hydrogen-bond donors (Lipinski definition) is 1. The first kappa shape index (κ1) is 18.6. The summed E-state index contributed by atoms with van der Waals surface area (Å²) in [6.45, 7) is 3.88.